The van der Waals surface area contributed by atoms with E-state index in [0.29, 0.717) is 42.6 Å². The van der Waals surface area contributed by atoms with Crippen LogP contribution in [0.4, 0.5) is 20.9 Å². The highest BCUT2D eigenvalue weighted by atomic mass is 32.1. The molecule has 3 aromatic rings. The van der Waals surface area contributed by atoms with Gasteiger partial charge in [0.1, 0.15) is 12.4 Å². The van der Waals surface area contributed by atoms with Crippen LogP contribution in [0.15, 0.2) is 53.9 Å². The number of nitro groups is 1. The van der Waals surface area contributed by atoms with Crippen LogP contribution in [0.2, 0.25) is 0 Å². The molecule has 2 heterocycles. The molecule has 1 saturated carbocycles. The fourth-order valence-corrected chi connectivity index (χ4v) is 5.26. The number of hydrogen-bond acceptors (Lipinski definition) is 8. The Balaban J connectivity index is 1.10. The molecule has 208 valence electrons. The van der Waals surface area contributed by atoms with E-state index in [1.54, 1.807) is 22.4 Å². The van der Waals surface area contributed by atoms with Gasteiger partial charge in [0.2, 0.25) is 11.8 Å². The molecule has 1 aliphatic heterocycles. The number of benzene rings is 2. The minimum absolute atomic E-state index is 0.0198. The smallest absolute Gasteiger partial charge is 0.269 e. The molecule has 13 heteroatoms. The molecule has 3 amide bonds. The van der Waals surface area contributed by atoms with Gasteiger partial charge in [0.15, 0.2) is 5.13 Å². The van der Waals surface area contributed by atoms with Crippen LogP contribution in [0.5, 0.6) is 0 Å². The molecule has 2 aromatic carbocycles. The number of carbonyl (C=O) groups excluding carboxylic acids is 3. The van der Waals surface area contributed by atoms with Crippen molar-refractivity contribution in [1.82, 2.24) is 14.8 Å². The van der Waals surface area contributed by atoms with Crippen LogP contribution in [0.1, 0.15) is 28.9 Å². The minimum Gasteiger partial charge on any atom is -0.368 e. The normalized spacial score (nSPS) is 15.0. The van der Waals surface area contributed by atoms with Gasteiger partial charge in [0.25, 0.3) is 11.6 Å². The van der Waals surface area contributed by atoms with Crippen LogP contribution >= 0.6 is 11.3 Å². The second-order valence-electron chi connectivity index (χ2n) is 9.68. The van der Waals surface area contributed by atoms with Crippen molar-refractivity contribution in [2.24, 2.45) is 0 Å². The molecular formula is C27H27FN6O5S. The predicted molar refractivity (Wildman–Crippen MR) is 147 cm³/mol. The maximum atomic E-state index is 13.2. The summed E-state index contributed by atoms with van der Waals surface area (Å²) in [7, 11) is 0. The first-order valence-corrected chi connectivity index (χ1v) is 13.7. The second-order valence-corrected chi connectivity index (χ2v) is 10.5. The van der Waals surface area contributed by atoms with Gasteiger partial charge in [0.05, 0.1) is 17.0 Å². The molecule has 0 bridgehead atoms. The molecule has 1 aliphatic carbocycles. The zero-order chi connectivity index (χ0) is 28.2. The Kier molecular flexibility index (Phi) is 8.01. The summed E-state index contributed by atoms with van der Waals surface area (Å²) in [4.78, 5) is 58.6. The number of aromatic nitrogens is 1. The van der Waals surface area contributed by atoms with Crippen molar-refractivity contribution in [2.45, 2.75) is 25.3 Å². The summed E-state index contributed by atoms with van der Waals surface area (Å²) in [6, 6.07) is 11.6. The Labute approximate surface area is 233 Å². The highest BCUT2D eigenvalue weighted by Gasteiger charge is 2.34. The Hall–Kier alpha value is -4.39. The predicted octanol–water partition coefficient (Wildman–Crippen LogP) is 3.33. The highest BCUT2D eigenvalue weighted by Crippen LogP contribution is 2.28. The Bertz CT molecular complexity index is 1400. The fraction of sp³-hybridized carbons (Fsp3) is 0.333. The third kappa shape index (κ3) is 6.60. The molecular weight excluding hydrogens is 539 g/mol. The lowest BCUT2D eigenvalue weighted by atomic mass is 10.2. The average molecular weight is 567 g/mol. The third-order valence-electron chi connectivity index (χ3n) is 6.84. The van der Waals surface area contributed by atoms with Crippen molar-refractivity contribution in [1.29, 1.82) is 0 Å². The number of non-ortho nitro benzene ring substituents is 1. The molecule has 2 fully saturated rings. The number of piperazine rings is 1. The second kappa shape index (κ2) is 11.8. The van der Waals surface area contributed by atoms with E-state index in [0.717, 1.165) is 18.5 Å². The van der Waals surface area contributed by atoms with Crippen LogP contribution in [-0.2, 0) is 16.0 Å². The molecule has 0 unspecified atom stereocenters. The Morgan fingerprint density at radius 2 is 1.73 bits per heavy atom. The van der Waals surface area contributed by atoms with Crippen molar-refractivity contribution < 1.29 is 23.7 Å². The van der Waals surface area contributed by atoms with Crippen molar-refractivity contribution in [2.75, 3.05) is 42.9 Å². The molecule has 1 saturated heterocycles. The number of nitro benzene ring substituents is 1. The first-order chi connectivity index (χ1) is 19.3. The number of rotatable bonds is 9. The van der Waals surface area contributed by atoms with Crippen molar-refractivity contribution >= 4 is 45.6 Å². The maximum absolute atomic E-state index is 13.2. The zero-order valence-electron chi connectivity index (χ0n) is 21.5. The van der Waals surface area contributed by atoms with E-state index in [1.165, 1.54) is 52.6 Å². The van der Waals surface area contributed by atoms with Crippen LogP contribution < -0.4 is 10.2 Å². The molecule has 0 spiro atoms. The van der Waals surface area contributed by atoms with E-state index in [9.17, 15) is 28.9 Å². The van der Waals surface area contributed by atoms with Crippen molar-refractivity contribution in [3.05, 3.63) is 81.1 Å². The summed E-state index contributed by atoms with van der Waals surface area (Å²) in [6.45, 7) is 2.10. The molecule has 5 rings (SSSR count). The van der Waals surface area contributed by atoms with E-state index in [-0.39, 0.29) is 36.5 Å². The van der Waals surface area contributed by atoms with Gasteiger partial charge in [-0.15, -0.1) is 11.3 Å². The first-order valence-electron chi connectivity index (χ1n) is 12.8. The van der Waals surface area contributed by atoms with Gasteiger partial charge in [-0.1, -0.05) is 0 Å². The summed E-state index contributed by atoms with van der Waals surface area (Å²) in [5.41, 5.74) is 1.78. The zero-order valence-corrected chi connectivity index (χ0v) is 22.3. The number of nitrogens with one attached hydrogen (secondary N) is 1. The average Bonchev–Trinajstić information content (AvgIpc) is 3.71. The molecule has 1 N–H and O–H groups in total. The largest absolute Gasteiger partial charge is 0.368 e. The molecule has 0 atom stereocenters. The van der Waals surface area contributed by atoms with Gasteiger partial charge in [-0.2, -0.15) is 0 Å². The third-order valence-corrected chi connectivity index (χ3v) is 7.65. The van der Waals surface area contributed by atoms with Gasteiger partial charge < -0.3 is 20.0 Å². The lowest BCUT2D eigenvalue weighted by Gasteiger charge is -2.36. The summed E-state index contributed by atoms with van der Waals surface area (Å²) in [5, 5.41) is 15.7. The van der Waals surface area contributed by atoms with Crippen LogP contribution in [0.3, 0.4) is 0 Å². The molecule has 0 radical (unpaired) electrons. The van der Waals surface area contributed by atoms with E-state index in [2.05, 4.69) is 15.2 Å². The number of thiazole rings is 1. The summed E-state index contributed by atoms with van der Waals surface area (Å²) in [6.07, 6.45) is 1.72. The monoisotopic (exact) mass is 566 g/mol. The van der Waals surface area contributed by atoms with Gasteiger partial charge >= 0.3 is 0 Å². The van der Waals surface area contributed by atoms with E-state index >= 15 is 0 Å². The first kappa shape index (κ1) is 27.2. The molecule has 1 aromatic heterocycles. The molecule has 40 heavy (non-hydrogen) atoms. The molecule has 2 aliphatic rings. The number of amides is 3. The van der Waals surface area contributed by atoms with Crippen LogP contribution in [0.25, 0.3) is 0 Å². The summed E-state index contributed by atoms with van der Waals surface area (Å²) < 4.78 is 13.2. The van der Waals surface area contributed by atoms with Crippen molar-refractivity contribution in [3.8, 4) is 0 Å². The van der Waals surface area contributed by atoms with Crippen LogP contribution in [0, 0.1) is 15.9 Å². The molecule has 11 nitrogen and oxygen atoms in total. The number of nitrogens with zero attached hydrogens (tertiary/aromatic N) is 5. The number of anilines is 2. The van der Waals surface area contributed by atoms with E-state index in [1.807, 2.05) is 0 Å². The highest BCUT2D eigenvalue weighted by molar-refractivity contribution is 7.13. The minimum atomic E-state index is -0.435. The van der Waals surface area contributed by atoms with Gasteiger partial charge in [-0.25, -0.2) is 9.37 Å². The standard InChI is InChI=1S/C27H27FN6O5S/c28-19-3-1-18(2-4-19)26(37)33(22-7-8-22)16-24(35)30-27-29-20(17-40-27)15-25(36)32-13-11-31(12-14-32)21-5-9-23(10-6-21)34(38)39/h1-6,9-10,17,22H,7-8,11-16H2,(H,29,30,35). The topological polar surface area (TPSA) is 129 Å². The Morgan fingerprint density at radius 3 is 2.35 bits per heavy atom. The quantitative estimate of drug-likeness (QED) is 0.311. The Morgan fingerprint density at radius 1 is 1.05 bits per heavy atom. The summed E-state index contributed by atoms with van der Waals surface area (Å²) >= 11 is 1.21. The SMILES string of the molecule is O=C(CN(C(=O)c1ccc(F)cc1)C1CC1)Nc1nc(CC(=O)N2CCN(c3ccc([N+](=O)[O-])cc3)CC2)cs1. The van der Waals surface area contributed by atoms with Gasteiger partial charge in [-0.05, 0) is 49.2 Å². The number of hydrogen-bond donors (Lipinski definition) is 1. The number of halogens is 1. The van der Waals surface area contributed by atoms with Crippen molar-refractivity contribution in [3.63, 3.8) is 0 Å². The van der Waals surface area contributed by atoms with Gasteiger partial charge in [-0.3, -0.25) is 24.5 Å². The number of carbonyl (C=O) groups is 3. The van der Waals surface area contributed by atoms with Crippen LogP contribution in [-0.4, -0.2) is 76.2 Å². The lowest BCUT2D eigenvalue weighted by Crippen LogP contribution is -2.49. The van der Waals surface area contributed by atoms with E-state index < -0.39 is 16.6 Å². The van der Waals surface area contributed by atoms with E-state index in [4.69, 9.17) is 0 Å². The summed E-state index contributed by atoms with van der Waals surface area (Å²) in [5.74, 6) is -1.22. The van der Waals surface area contributed by atoms with Gasteiger partial charge in [0, 0.05) is 61.0 Å². The lowest BCUT2D eigenvalue weighted by molar-refractivity contribution is -0.384. The maximum Gasteiger partial charge on any atom is 0.269 e. The fourth-order valence-electron chi connectivity index (χ4n) is 4.54.